The number of benzene rings is 2. The molecular weight excluding hydrogens is 346 g/mol. The Balaban J connectivity index is 1.86. The van der Waals surface area contributed by atoms with E-state index in [1.54, 1.807) is 12.1 Å². The first-order valence-electron chi connectivity index (χ1n) is 6.76. The Hall–Kier alpha value is -2.96. The van der Waals surface area contributed by atoms with Crippen LogP contribution in [0.3, 0.4) is 0 Å². The first-order valence-corrected chi connectivity index (χ1v) is 8.40. The van der Waals surface area contributed by atoms with Gasteiger partial charge in [0.15, 0.2) is 0 Å². The molecular formula is C15H7N5O2S2. The number of nitriles is 1. The number of nitro groups is 1. The highest BCUT2D eigenvalue weighted by molar-refractivity contribution is 7.99. The molecule has 0 saturated carbocycles. The van der Waals surface area contributed by atoms with E-state index in [1.807, 2.05) is 34.7 Å². The van der Waals surface area contributed by atoms with Crippen LogP contribution in [0.25, 0.3) is 15.2 Å². The molecule has 9 heteroatoms. The molecule has 0 spiro atoms. The van der Waals surface area contributed by atoms with Crippen molar-refractivity contribution in [3.63, 3.8) is 0 Å². The first-order chi connectivity index (χ1) is 11.7. The Kier molecular flexibility index (Phi) is 3.41. The fourth-order valence-corrected chi connectivity index (χ4v) is 4.29. The third-order valence-corrected chi connectivity index (χ3v) is 5.42. The number of nitro benzene ring substituents is 1. The Labute approximate surface area is 143 Å². The smallest absolute Gasteiger partial charge is 0.260 e. The van der Waals surface area contributed by atoms with Crippen molar-refractivity contribution in [3.8, 4) is 6.07 Å². The van der Waals surface area contributed by atoms with Crippen LogP contribution in [0.2, 0.25) is 0 Å². The second kappa shape index (κ2) is 5.59. The summed E-state index contributed by atoms with van der Waals surface area (Å²) in [5, 5.41) is 29.0. The summed E-state index contributed by atoms with van der Waals surface area (Å²) in [5.41, 5.74) is 1.09. The number of thiazole rings is 1. The maximum atomic E-state index is 11.3. The molecule has 4 aromatic rings. The van der Waals surface area contributed by atoms with Crippen molar-refractivity contribution in [1.82, 2.24) is 14.6 Å². The van der Waals surface area contributed by atoms with E-state index in [9.17, 15) is 10.1 Å². The van der Waals surface area contributed by atoms with Crippen LogP contribution in [0.5, 0.6) is 0 Å². The molecule has 0 amide bonds. The van der Waals surface area contributed by atoms with Crippen LogP contribution >= 0.6 is 23.1 Å². The van der Waals surface area contributed by atoms with Crippen molar-refractivity contribution in [3.05, 3.63) is 58.1 Å². The van der Waals surface area contributed by atoms with Crippen molar-refractivity contribution in [1.29, 1.82) is 5.26 Å². The lowest BCUT2D eigenvalue weighted by Gasteiger charge is -2.02. The number of hydrogen-bond donors (Lipinski definition) is 0. The molecule has 0 N–H and O–H groups in total. The standard InChI is InChI=1S/C15H7N5O2S2/c16-8-9-5-6-13(11(7-9)20(21)22)24-15-18-17-14-19(15)10-3-1-2-4-12(10)23-14/h1-7H. The molecule has 0 unspecified atom stereocenters. The van der Waals surface area contributed by atoms with E-state index in [1.165, 1.54) is 17.4 Å². The van der Waals surface area contributed by atoms with Crippen LogP contribution in [0.1, 0.15) is 5.56 Å². The van der Waals surface area contributed by atoms with Gasteiger partial charge in [-0.25, -0.2) is 0 Å². The fourth-order valence-electron chi connectivity index (χ4n) is 2.34. The molecule has 2 heterocycles. The van der Waals surface area contributed by atoms with Crippen molar-refractivity contribution in [2.45, 2.75) is 10.1 Å². The summed E-state index contributed by atoms with van der Waals surface area (Å²) in [7, 11) is 0. The van der Waals surface area contributed by atoms with Crippen molar-refractivity contribution in [2.75, 3.05) is 0 Å². The summed E-state index contributed by atoms with van der Waals surface area (Å²) in [5.74, 6) is 0. The quantitative estimate of drug-likeness (QED) is 0.409. The summed E-state index contributed by atoms with van der Waals surface area (Å²) in [6.45, 7) is 0. The molecule has 4 rings (SSSR count). The molecule has 2 aromatic carbocycles. The lowest BCUT2D eigenvalue weighted by molar-refractivity contribution is -0.387. The Morgan fingerprint density at radius 3 is 2.88 bits per heavy atom. The summed E-state index contributed by atoms with van der Waals surface area (Å²) in [6.07, 6.45) is 0. The summed E-state index contributed by atoms with van der Waals surface area (Å²) < 4.78 is 2.95. The molecule has 0 radical (unpaired) electrons. The highest BCUT2D eigenvalue weighted by Crippen LogP contribution is 2.37. The predicted octanol–water partition coefficient (Wildman–Crippen LogP) is 3.88. The molecule has 0 fully saturated rings. The number of hydrogen-bond acceptors (Lipinski definition) is 7. The average molecular weight is 353 g/mol. The number of nitrogens with zero attached hydrogens (tertiary/aromatic N) is 5. The van der Waals surface area contributed by atoms with Gasteiger partial charge in [-0.2, -0.15) is 5.26 Å². The SMILES string of the molecule is N#Cc1ccc(Sc2nnc3sc4ccccc4n23)c([N+](=O)[O-])c1. The summed E-state index contributed by atoms with van der Waals surface area (Å²) >= 11 is 2.67. The van der Waals surface area contributed by atoms with Gasteiger partial charge in [0.25, 0.3) is 5.69 Å². The predicted molar refractivity (Wildman–Crippen MR) is 90.3 cm³/mol. The minimum Gasteiger partial charge on any atom is -0.260 e. The van der Waals surface area contributed by atoms with E-state index in [0.29, 0.717) is 10.1 Å². The van der Waals surface area contributed by atoms with Gasteiger partial charge in [0.05, 0.1) is 31.7 Å². The zero-order valence-electron chi connectivity index (χ0n) is 11.9. The molecule has 0 aliphatic rings. The maximum Gasteiger partial charge on any atom is 0.284 e. The molecule has 116 valence electrons. The Morgan fingerprint density at radius 1 is 1.25 bits per heavy atom. The lowest BCUT2D eigenvalue weighted by atomic mass is 10.2. The molecule has 24 heavy (non-hydrogen) atoms. The van der Waals surface area contributed by atoms with Gasteiger partial charge < -0.3 is 0 Å². The second-order valence-electron chi connectivity index (χ2n) is 4.82. The van der Waals surface area contributed by atoms with Gasteiger partial charge in [0.1, 0.15) is 0 Å². The van der Waals surface area contributed by atoms with Crippen LogP contribution in [-0.4, -0.2) is 19.5 Å². The monoisotopic (exact) mass is 353 g/mol. The molecule has 7 nitrogen and oxygen atoms in total. The average Bonchev–Trinajstić information content (AvgIpc) is 3.15. The van der Waals surface area contributed by atoms with E-state index in [0.717, 1.165) is 26.9 Å². The second-order valence-corrected chi connectivity index (χ2v) is 6.84. The third kappa shape index (κ3) is 2.29. The molecule has 2 aromatic heterocycles. The molecule has 0 bridgehead atoms. The normalized spacial score (nSPS) is 11.0. The topological polar surface area (TPSA) is 97.1 Å². The van der Waals surface area contributed by atoms with Crippen LogP contribution in [-0.2, 0) is 0 Å². The molecule has 0 saturated heterocycles. The number of aromatic nitrogens is 3. The van der Waals surface area contributed by atoms with Gasteiger partial charge in [0, 0.05) is 6.07 Å². The highest BCUT2D eigenvalue weighted by Gasteiger charge is 2.20. The minimum absolute atomic E-state index is 0.115. The van der Waals surface area contributed by atoms with Gasteiger partial charge in [-0.3, -0.25) is 14.5 Å². The number of para-hydroxylation sites is 1. The Bertz CT molecular complexity index is 1140. The number of fused-ring (bicyclic) bond motifs is 3. The zero-order chi connectivity index (χ0) is 16.7. The largest absolute Gasteiger partial charge is 0.284 e. The third-order valence-electron chi connectivity index (χ3n) is 3.40. The highest BCUT2D eigenvalue weighted by atomic mass is 32.2. The summed E-state index contributed by atoms with van der Waals surface area (Å²) in [6, 6.07) is 14.1. The van der Waals surface area contributed by atoms with Gasteiger partial charge in [0.2, 0.25) is 10.1 Å². The fraction of sp³-hybridized carbons (Fsp3) is 0. The van der Waals surface area contributed by atoms with Gasteiger partial charge in [-0.15, -0.1) is 10.2 Å². The van der Waals surface area contributed by atoms with Crippen LogP contribution in [0.15, 0.2) is 52.5 Å². The van der Waals surface area contributed by atoms with Crippen LogP contribution < -0.4 is 0 Å². The molecule has 0 atom stereocenters. The van der Waals surface area contributed by atoms with Crippen molar-refractivity contribution < 1.29 is 4.92 Å². The first kappa shape index (κ1) is 14.6. The van der Waals surface area contributed by atoms with Crippen LogP contribution in [0, 0.1) is 21.4 Å². The van der Waals surface area contributed by atoms with Gasteiger partial charge in [-0.05, 0) is 36.0 Å². The molecule has 0 aliphatic carbocycles. The van der Waals surface area contributed by atoms with Crippen molar-refractivity contribution >= 4 is 44.0 Å². The van der Waals surface area contributed by atoms with Gasteiger partial charge in [-0.1, -0.05) is 23.5 Å². The van der Waals surface area contributed by atoms with E-state index in [2.05, 4.69) is 10.2 Å². The maximum absolute atomic E-state index is 11.3. The minimum atomic E-state index is -0.493. The zero-order valence-corrected chi connectivity index (χ0v) is 13.5. The van der Waals surface area contributed by atoms with Gasteiger partial charge >= 0.3 is 0 Å². The van der Waals surface area contributed by atoms with E-state index in [-0.39, 0.29) is 11.3 Å². The van der Waals surface area contributed by atoms with E-state index >= 15 is 0 Å². The Morgan fingerprint density at radius 2 is 2.08 bits per heavy atom. The summed E-state index contributed by atoms with van der Waals surface area (Å²) in [4.78, 5) is 11.9. The number of rotatable bonds is 3. The lowest BCUT2D eigenvalue weighted by Crippen LogP contribution is -1.93. The molecule has 0 aliphatic heterocycles. The van der Waals surface area contributed by atoms with Crippen molar-refractivity contribution in [2.24, 2.45) is 0 Å². The van der Waals surface area contributed by atoms with Crippen LogP contribution in [0.4, 0.5) is 5.69 Å². The van der Waals surface area contributed by atoms with E-state index in [4.69, 9.17) is 5.26 Å². The van der Waals surface area contributed by atoms with E-state index < -0.39 is 4.92 Å².